The third kappa shape index (κ3) is 5.37. The van der Waals surface area contributed by atoms with Gasteiger partial charge in [0.15, 0.2) is 18.1 Å². The smallest absolute Gasteiger partial charge is 0.269 e. The number of nitrogens with zero attached hydrogens (tertiary/aromatic N) is 1. The van der Waals surface area contributed by atoms with Gasteiger partial charge in [-0.15, -0.1) is 0 Å². The van der Waals surface area contributed by atoms with Gasteiger partial charge >= 0.3 is 0 Å². The molecule has 2 aromatic rings. The number of benzene rings is 2. The molecule has 8 nitrogen and oxygen atoms in total. The van der Waals surface area contributed by atoms with E-state index in [0.717, 1.165) is 12.0 Å². The van der Waals surface area contributed by atoms with Crippen LogP contribution in [0.2, 0.25) is 0 Å². The second kappa shape index (κ2) is 9.27. The van der Waals surface area contributed by atoms with Gasteiger partial charge in [0.05, 0.1) is 24.2 Å². The fourth-order valence-electron chi connectivity index (χ4n) is 3.04. The zero-order valence-electron chi connectivity index (χ0n) is 16.4. The average molecular weight is 400 g/mol. The summed E-state index contributed by atoms with van der Waals surface area (Å²) in [5, 5.41) is 13.7. The molecule has 0 aromatic heterocycles. The molecule has 154 valence electrons. The van der Waals surface area contributed by atoms with Crippen molar-refractivity contribution in [3.8, 4) is 17.2 Å². The molecule has 1 heterocycles. The molecule has 29 heavy (non-hydrogen) atoms. The SMILES string of the molecule is CC(C)[C@@H](NC(=O)COc1ccc([N+](=O)[O-])cc1)c1ccc2c(c1)OCCCO2. The highest BCUT2D eigenvalue weighted by atomic mass is 16.6. The number of carbonyl (C=O) groups is 1. The predicted molar refractivity (Wildman–Crippen MR) is 106 cm³/mol. The van der Waals surface area contributed by atoms with Crippen molar-refractivity contribution in [1.29, 1.82) is 0 Å². The quantitative estimate of drug-likeness (QED) is 0.562. The molecule has 8 heteroatoms. The number of hydrogen-bond acceptors (Lipinski definition) is 6. The van der Waals surface area contributed by atoms with Gasteiger partial charge < -0.3 is 19.5 Å². The Morgan fingerprint density at radius 1 is 1.14 bits per heavy atom. The summed E-state index contributed by atoms with van der Waals surface area (Å²) in [5.41, 5.74) is 0.893. The summed E-state index contributed by atoms with van der Waals surface area (Å²) in [6.45, 7) is 5.07. The van der Waals surface area contributed by atoms with Crippen molar-refractivity contribution in [3.63, 3.8) is 0 Å². The van der Waals surface area contributed by atoms with Crippen LogP contribution in [-0.2, 0) is 4.79 Å². The van der Waals surface area contributed by atoms with Crippen LogP contribution in [0.1, 0.15) is 31.9 Å². The van der Waals surface area contributed by atoms with Gasteiger partial charge in [0, 0.05) is 18.6 Å². The zero-order chi connectivity index (χ0) is 20.8. The second-order valence-corrected chi connectivity index (χ2v) is 7.09. The fourth-order valence-corrected chi connectivity index (χ4v) is 3.04. The van der Waals surface area contributed by atoms with Crippen molar-refractivity contribution in [2.24, 2.45) is 5.92 Å². The third-order valence-electron chi connectivity index (χ3n) is 4.53. The topological polar surface area (TPSA) is 99.9 Å². The van der Waals surface area contributed by atoms with Crippen LogP contribution in [0.25, 0.3) is 0 Å². The van der Waals surface area contributed by atoms with E-state index >= 15 is 0 Å². The second-order valence-electron chi connectivity index (χ2n) is 7.09. The summed E-state index contributed by atoms with van der Waals surface area (Å²) >= 11 is 0. The molecule has 0 saturated carbocycles. The maximum atomic E-state index is 12.4. The predicted octanol–water partition coefficient (Wildman–Crippen LogP) is 3.65. The number of nitrogens with one attached hydrogen (secondary N) is 1. The van der Waals surface area contributed by atoms with E-state index in [1.165, 1.54) is 24.3 Å². The van der Waals surface area contributed by atoms with Crippen molar-refractivity contribution in [2.45, 2.75) is 26.3 Å². The number of ether oxygens (including phenoxy) is 3. The first-order chi connectivity index (χ1) is 13.9. The highest BCUT2D eigenvalue weighted by Gasteiger charge is 2.21. The Morgan fingerprint density at radius 2 is 1.83 bits per heavy atom. The minimum Gasteiger partial charge on any atom is -0.490 e. The summed E-state index contributed by atoms with van der Waals surface area (Å²) in [4.78, 5) is 22.6. The van der Waals surface area contributed by atoms with Gasteiger partial charge in [-0.2, -0.15) is 0 Å². The number of nitro benzene ring substituents is 1. The van der Waals surface area contributed by atoms with Crippen LogP contribution in [0.3, 0.4) is 0 Å². The molecule has 1 N–H and O–H groups in total. The van der Waals surface area contributed by atoms with Gasteiger partial charge in [-0.05, 0) is 35.7 Å². The Bertz CT molecular complexity index is 866. The lowest BCUT2D eigenvalue weighted by atomic mass is 9.95. The fraction of sp³-hybridized carbons (Fsp3) is 0.381. The highest BCUT2D eigenvalue weighted by Crippen LogP contribution is 2.34. The third-order valence-corrected chi connectivity index (χ3v) is 4.53. The van der Waals surface area contributed by atoms with Crippen LogP contribution >= 0.6 is 0 Å². The Labute approximate surface area is 168 Å². The molecular weight excluding hydrogens is 376 g/mol. The van der Waals surface area contributed by atoms with Crippen LogP contribution in [0.5, 0.6) is 17.2 Å². The summed E-state index contributed by atoms with van der Waals surface area (Å²) in [5.74, 6) is 1.64. The number of nitro groups is 1. The highest BCUT2D eigenvalue weighted by molar-refractivity contribution is 5.78. The van der Waals surface area contributed by atoms with E-state index in [1.54, 1.807) is 0 Å². The van der Waals surface area contributed by atoms with Gasteiger partial charge in [0.1, 0.15) is 5.75 Å². The first kappa shape index (κ1) is 20.4. The molecule has 2 aromatic carbocycles. The summed E-state index contributed by atoms with van der Waals surface area (Å²) in [6.07, 6.45) is 0.828. The summed E-state index contributed by atoms with van der Waals surface area (Å²) in [6, 6.07) is 11.1. The van der Waals surface area contributed by atoms with Crippen LogP contribution < -0.4 is 19.5 Å². The normalized spacial score (nSPS) is 14.0. The van der Waals surface area contributed by atoms with Crippen molar-refractivity contribution in [2.75, 3.05) is 19.8 Å². The maximum absolute atomic E-state index is 12.4. The Balaban J connectivity index is 1.63. The molecule has 1 amide bonds. The van der Waals surface area contributed by atoms with Crippen LogP contribution in [0.4, 0.5) is 5.69 Å². The van der Waals surface area contributed by atoms with Crippen molar-refractivity contribution in [1.82, 2.24) is 5.32 Å². The standard InChI is InChI=1S/C21H24N2O6/c1-14(2)21(15-4-9-18-19(12-15)28-11-3-10-27-18)22-20(24)13-29-17-7-5-16(6-8-17)23(25)26/h4-9,12,14,21H,3,10-11,13H2,1-2H3,(H,22,24)/t21-/m1/s1. The number of fused-ring (bicyclic) bond motifs is 1. The maximum Gasteiger partial charge on any atom is 0.269 e. The van der Waals surface area contributed by atoms with E-state index in [1.807, 2.05) is 32.0 Å². The number of carbonyl (C=O) groups excluding carboxylic acids is 1. The molecule has 1 aliphatic heterocycles. The molecule has 0 unspecified atom stereocenters. The molecule has 0 fully saturated rings. The van der Waals surface area contributed by atoms with Crippen molar-refractivity contribution < 1.29 is 23.9 Å². The van der Waals surface area contributed by atoms with E-state index < -0.39 is 4.92 Å². The van der Waals surface area contributed by atoms with Crippen LogP contribution in [0.15, 0.2) is 42.5 Å². The Kier molecular flexibility index (Phi) is 6.54. The lowest BCUT2D eigenvalue weighted by Gasteiger charge is -2.24. The molecule has 3 rings (SSSR count). The van der Waals surface area contributed by atoms with E-state index in [2.05, 4.69) is 5.32 Å². The molecule has 0 spiro atoms. The van der Waals surface area contributed by atoms with Gasteiger partial charge in [-0.1, -0.05) is 19.9 Å². The van der Waals surface area contributed by atoms with E-state index in [9.17, 15) is 14.9 Å². The number of rotatable bonds is 7. The zero-order valence-corrected chi connectivity index (χ0v) is 16.4. The van der Waals surface area contributed by atoms with Crippen molar-refractivity contribution in [3.05, 3.63) is 58.1 Å². The lowest BCUT2D eigenvalue weighted by molar-refractivity contribution is -0.384. The minimum atomic E-state index is -0.487. The van der Waals surface area contributed by atoms with Crippen LogP contribution in [-0.4, -0.2) is 30.7 Å². The molecule has 1 atom stereocenters. The van der Waals surface area contributed by atoms with Crippen molar-refractivity contribution >= 4 is 11.6 Å². The minimum absolute atomic E-state index is 0.0314. The average Bonchev–Trinajstić information content (AvgIpc) is 2.95. The molecular formula is C21H24N2O6. The Hall–Kier alpha value is -3.29. The molecule has 0 bridgehead atoms. The first-order valence-electron chi connectivity index (χ1n) is 9.50. The van der Waals surface area contributed by atoms with E-state index in [0.29, 0.717) is 30.5 Å². The number of hydrogen-bond donors (Lipinski definition) is 1. The van der Waals surface area contributed by atoms with Gasteiger partial charge in [0.2, 0.25) is 0 Å². The number of non-ortho nitro benzene ring substituents is 1. The summed E-state index contributed by atoms with van der Waals surface area (Å²) < 4.78 is 16.9. The van der Waals surface area contributed by atoms with Gasteiger partial charge in [-0.25, -0.2) is 0 Å². The van der Waals surface area contributed by atoms with E-state index in [4.69, 9.17) is 14.2 Å². The Morgan fingerprint density at radius 3 is 2.48 bits per heavy atom. The number of amides is 1. The summed E-state index contributed by atoms with van der Waals surface area (Å²) in [7, 11) is 0. The first-order valence-corrected chi connectivity index (χ1v) is 9.50. The molecule has 0 saturated heterocycles. The molecule has 0 aliphatic carbocycles. The molecule has 0 radical (unpaired) electrons. The van der Waals surface area contributed by atoms with E-state index in [-0.39, 0.29) is 30.2 Å². The van der Waals surface area contributed by atoms with Crippen LogP contribution in [0, 0.1) is 16.0 Å². The molecule has 1 aliphatic rings. The van der Waals surface area contributed by atoms with Gasteiger partial charge in [0.25, 0.3) is 11.6 Å². The van der Waals surface area contributed by atoms with Gasteiger partial charge in [-0.3, -0.25) is 14.9 Å². The monoisotopic (exact) mass is 400 g/mol. The largest absolute Gasteiger partial charge is 0.490 e. The lowest BCUT2D eigenvalue weighted by Crippen LogP contribution is -2.35.